The van der Waals surface area contributed by atoms with Crippen LogP contribution in [-0.4, -0.2) is 9.55 Å². The molecule has 108 valence electrons. The molecule has 2 nitrogen and oxygen atoms in total. The number of fused-ring (bicyclic) bond motifs is 1. The Morgan fingerprint density at radius 3 is 2.38 bits per heavy atom. The lowest BCUT2D eigenvalue weighted by molar-refractivity contribution is 0.881. The van der Waals surface area contributed by atoms with E-state index in [2.05, 4.69) is 58.6 Å². The molecule has 3 aromatic rings. The van der Waals surface area contributed by atoms with Gasteiger partial charge in [0.1, 0.15) is 5.82 Å². The summed E-state index contributed by atoms with van der Waals surface area (Å²) in [4.78, 5) is 4.71. The van der Waals surface area contributed by atoms with Crippen LogP contribution in [0.1, 0.15) is 29.3 Å². The molecule has 2 aromatic carbocycles. The van der Waals surface area contributed by atoms with E-state index in [1.54, 1.807) is 0 Å². The molecule has 1 heterocycles. The Labute approximate surface area is 137 Å². The molecular weight excluding hydrogens is 348 g/mol. The van der Waals surface area contributed by atoms with Crippen molar-refractivity contribution in [2.75, 3.05) is 0 Å². The molecule has 0 saturated carbocycles. The number of aromatic nitrogens is 2. The summed E-state index contributed by atoms with van der Waals surface area (Å²) in [5.41, 5.74) is 5.60. The highest BCUT2D eigenvalue weighted by molar-refractivity contribution is 9.10. The number of hydrogen-bond donors (Lipinski definition) is 0. The van der Waals surface area contributed by atoms with Crippen molar-refractivity contribution in [1.82, 2.24) is 9.55 Å². The van der Waals surface area contributed by atoms with Crippen molar-refractivity contribution in [3.63, 3.8) is 0 Å². The number of hydrogen-bond acceptors (Lipinski definition) is 1. The van der Waals surface area contributed by atoms with Gasteiger partial charge in [0.05, 0.1) is 16.4 Å². The van der Waals surface area contributed by atoms with Gasteiger partial charge in [-0.2, -0.15) is 0 Å². The Hall–Kier alpha value is -1.32. The van der Waals surface area contributed by atoms with Gasteiger partial charge in [-0.25, -0.2) is 4.98 Å². The van der Waals surface area contributed by atoms with E-state index in [9.17, 15) is 0 Å². The van der Waals surface area contributed by atoms with Crippen molar-refractivity contribution < 1.29 is 0 Å². The zero-order chi connectivity index (χ0) is 15.1. The molecule has 21 heavy (non-hydrogen) atoms. The number of aryl methyl sites for hydroxylation is 2. The average Bonchev–Trinajstić information content (AvgIpc) is 2.76. The fraction of sp³-hybridized carbons (Fsp3) is 0.235. The van der Waals surface area contributed by atoms with Gasteiger partial charge in [-0.05, 0) is 62.2 Å². The minimum atomic E-state index is -0.156. The van der Waals surface area contributed by atoms with Gasteiger partial charge in [0, 0.05) is 10.2 Å². The zero-order valence-electron chi connectivity index (χ0n) is 12.2. The van der Waals surface area contributed by atoms with Crippen LogP contribution in [0.25, 0.3) is 16.7 Å². The number of benzene rings is 2. The molecule has 0 spiro atoms. The molecule has 0 aliphatic carbocycles. The average molecular weight is 364 g/mol. The second kappa shape index (κ2) is 5.47. The minimum Gasteiger partial charge on any atom is -0.295 e. The number of imidazole rings is 1. The second-order valence-corrected chi connectivity index (χ2v) is 6.97. The van der Waals surface area contributed by atoms with Gasteiger partial charge in [0.25, 0.3) is 0 Å². The largest absolute Gasteiger partial charge is 0.295 e. The van der Waals surface area contributed by atoms with E-state index in [0.717, 1.165) is 27.0 Å². The molecule has 0 bridgehead atoms. The standard InChI is InChI=1S/C17H16BrClN2/c1-10-6-11(2)8-14(7-10)21-16-5-4-13(18)9-15(16)20-17(21)12(3)19/h4-9,12H,1-3H3. The summed E-state index contributed by atoms with van der Waals surface area (Å²) in [5, 5.41) is -0.156. The third-order valence-corrected chi connectivity index (χ3v) is 4.15. The van der Waals surface area contributed by atoms with E-state index in [-0.39, 0.29) is 5.38 Å². The lowest BCUT2D eigenvalue weighted by Crippen LogP contribution is -2.02. The molecular formula is C17H16BrClN2. The third-order valence-electron chi connectivity index (χ3n) is 3.46. The molecule has 0 amide bonds. The number of nitrogens with zero attached hydrogens (tertiary/aromatic N) is 2. The Morgan fingerprint density at radius 1 is 1.10 bits per heavy atom. The van der Waals surface area contributed by atoms with Gasteiger partial charge in [0.15, 0.2) is 0 Å². The highest BCUT2D eigenvalue weighted by Gasteiger charge is 2.16. The first kappa shape index (κ1) is 14.6. The maximum atomic E-state index is 6.35. The van der Waals surface area contributed by atoms with Gasteiger partial charge in [-0.15, -0.1) is 11.6 Å². The van der Waals surface area contributed by atoms with E-state index in [0.29, 0.717) is 0 Å². The monoisotopic (exact) mass is 362 g/mol. The summed E-state index contributed by atoms with van der Waals surface area (Å²) in [7, 11) is 0. The van der Waals surface area contributed by atoms with Crippen LogP contribution in [0.15, 0.2) is 40.9 Å². The molecule has 1 atom stereocenters. The molecule has 4 heteroatoms. The quantitative estimate of drug-likeness (QED) is 0.534. The van der Waals surface area contributed by atoms with Crippen LogP contribution in [-0.2, 0) is 0 Å². The van der Waals surface area contributed by atoms with E-state index in [1.165, 1.54) is 11.1 Å². The molecule has 3 rings (SSSR count). The zero-order valence-corrected chi connectivity index (χ0v) is 14.5. The summed E-state index contributed by atoms with van der Waals surface area (Å²) < 4.78 is 3.17. The van der Waals surface area contributed by atoms with E-state index < -0.39 is 0 Å². The second-order valence-electron chi connectivity index (χ2n) is 5.40. The highest BCUT2D eigenvalue weighted by atomic mass is 79.9. The summed E-state index contributed by atoms with van der Waals surface area (Å²) in [6.07, 6.45) is 0. The predicted octanol–water partition coefficient (Wildman–Crippen LogP) is 5.70. The lowest BCUT2D eigenvalue weighted by atomic mass is 10.1. The topological polar surface area (TPSA) is 17.8 Å². The van der Waals surface area contributed by atoms with Crippen LogP contribution < -0.4 is 0 Å². The van der Waals surface area contributed by atoms with E-state index >= 15 is 0 Å². The normalized spacial score (nSPS) is 12.8. The highest BCUT2D eigenvalue weighted by Crippen LogP contribution is 2.30. The number of alkyl halides is 1. The first-order chi connectivity index (χ1) is 9.95. The van der Waals surface area contributed by atoms with Crippen LogP contribution in [0, 0.1) is 13.8 Å². The Balaban J connectivity index is 2.36. The van der Waals surface area contributed by atoms with Crippen LogP contribution in [0.2, 0.25) is 0 Å². The Kier molecular flexibility index (Phi) is 3.80. The Bertz CT molecular complexity index is 801. The van der Waals surface area contributed by atoms with Gasteiger partial charge >= 0.3 is 0 Å². The molecule has 0 aliphatic heterocycles. The molecule has 0 aliphatic rings. The van der Waals surface area contributed by atoms with Crippen molar-refractivity contribution in [2.45, 2.75) is 26.1 Å². The maximum absolute atomic E-state index is 6.35. The summed E-state index contributed by atoms with van der Waals surface area (Å²) in [6.45, 7) is 6.17. The molecule has 1 aromatic heterocycles. The molecule has 0 fully saturated rings. The van der Waals surface area contributed by atoms with Crippen LogP contribution in [0.4, 0.5) is 0 Å². The SMILES string of the molecule is Cc1cc(C)cc(-n2c(C(C)Cl)nc3cc(Br)ccc32)c1. The van der Waals surface area contributed by atoms with Crippen LogP contribution in [0.3, 0.4) is 0 Å². The molecule has 0 saturated heterocycles. The predicted molar refractivity (Wildman–Crippen MR) is 92.5 cm³/mol. The number of rotatable bonds is 2. The minimum absolute atomic E-state index is 0.156. The van der Waals surface area contributed by atoms with E-state index in [1.807, 2.05) is 19.1 Å². The first-order valence-electron chi connectivity index (χ1n) is 6.86. The van der Waals surface area contributed by atoms with Gasteiger partial charge in [0.2, 0.25) is 0 Å². The number of halogens is 2. The lowest BCUT2D eigenvalue weighted by Gasteiger charge is -2.12. The van der Waals surface area contributed by atoms with Gasteiger partial charge in [-0.1, -0.05) is 22.0 Å². The Morgan fingerprint density at radius 2 is 1.76 bits per heavy atom. The summed E-state index contributed by atoms with van der Waals surface area (Å²) in [6, 6.07) is 12.6. The van der Waals surface area contributed by atoms with Crippen LogP contribution >= 0.6 is 27.5 Å². The van der Waals surface area contributed by atoms with E-state index in [4.69, 9.17) is 16.6 Å². The van der Waals surface area contributed by atoms with Crippen LogP contribution in [0.5, 0.6) is 0 Å². The van der Waals surface area contributed by atoms with Crippen molar-refractivity contribution in [2.24, 2.45) is 0 Å². The smallest absolute Gasteiger partial charge is 0.132 e. The van der Waals surface area contributed by atoms with Crippen molar-refractivity contribution in [3.8, 4) is 5.69 Å². The molecule has 1 unspecified atom stereocenters. The van der Waals surface area contributed by atoms with Crippen molar-refractivity contribution in [1.29, 1.82) is 0 Å². The molecule has 0 N–H and O–H groups in total. The fourth-order valence-electron chi connectivity index (χ4n) is 2.69. The third kappa shape index (κ3) is 2.72. The van der Waals surface area contributed by atoms with Crippen molar-refractivity contribution >= 4 is 38.6 Å². The van der Waals surface area contributed by atoms with Gasteiger partial charge in [-0.3, -0.25) is 4.57 Å². The van der Waals surface area contributed by atoms with Gasteiger partial charge < -0.3 is 0 Å². The molecule has 0 radical (unpaired) electrons. The maximum Gasteiger partial charge on any atom is 0.132 e. The first-order valence-corrected chi connectivity index (χ1v) is 8.09. The summed E-state index contributed by atoms with van der Waals surface area (Å²) in [5.74, 6) is 0.870. The van der Waals surface area contributed by atoms with Crippen molar-refractivity contribution in [3.05, 3.63) is 57.8 Å². The fourth-order valence-corrected chi connectivity index (χ4v) is 3.19. The summed E-state index contributed by atoms with van der Waals surface area (Å²) >= 11 is 9.85.